The van der Waals surface area contributed by atoms with Crippen LogP contribution >= 0.6 is 11.3 Å². The molecule has 3 aromatic rings. The maximum atomic E-state index is 13.1. The van der Waals surface area contributed by atoms with Gasteiger partial charge in [-0.3, -0.25) is 9.36 Å². The van der Waals surface area contributed by atoms with Crippen molar-refractivity contribution < 1.29 is 5.11 Å². The Kier molecular flexibility index (Phi) is 3.75. The zero-order chi connectivity index (χ0) is 15.8. The maximum Gasteiger partial charge on any atom is 0.262 e. The molecule has 0 aliphatic heterocycles. The van der Waals surface area contributed by atoms with Crippen LogP contribution in [0.2, 0.25) is 0 Å². The molecule has 1 aromatic carbocycles. The number of aryl methyl sites for hydroxylation is 2. The van der Waals surface area contributed by atoms with Gasteiger partial charge in [0.25, 0.3) is 5.56 Å². The molecule has 0 unspecified atom stereocenters. The summed E-state index contributed by atoms with van der Waals surface area (Å²) in [6.07, 6.45) is 4.35. The van der Waals surface area contributed by atoms with Gasteiger partial charge >= 0.3 is 0 Å². The van der Waals surface area contributed by atoms with E-state index in [1.165, 1.54) is 16.9 Å². The third kappa shape index (κ3) is 2.40. The van der Waals surface area contributed by atoms with Crippen molar-refractivity contribution in [3.63, 3.8) is 0 Å². The van der Waals surface area contributed by atoms with Crippen LogP contribution in [0.4, 0.5) is 0 Å². The number of aliphatic hydroxyl groups excluding tert-OH is 1. The molecule has 0 amide bonds. The fourth-order valence-electron chi connectivity index (χ4n) is 3.35. The second-order valence-electron chi connectivity index (χ2n) is 5.87. The second-order valence-corrected chi connectivity index (χ2v) is 6.96. The van der Waals surface area contributed by atoms with E-state index < -0.39 is 0 Å². The third-order valence-corrected chi connectivity index (χ3v) is 5.62. The highest BCUT2D eigenvalue weighted by atomic mass is 32.1. The molecule has 0 fully saturated rings. The number of thiophene rings is 1. The van der Waals surface area contributed by atoms with Gasteiger partial charge in [-0.2, -0.15) is 0 Å². The number of hydrogen-bond acceptors (Lipinski definition) is 4. The van der Waals surface area contributed by atoms with Gasteiger partial charge in [-0.05, 0) is 31.2 Å². The molecule has 0 saturated carbocycles. The van der Waals surface area contributed by atoms with Gasteiger partial charge in [0.1, 0.15) is 10.7 Å². The summed E-state index contributed by atoms with van der Waals surface area (Å²) in [7, 11) is 0. The van der Waals surface area contributed by atoms with Crippen LogP contribution in [0.1, 0.15) is 23.3 Å². The molecule has 1 aliphatic rings. The van der Waals surface area contributed by atoms with E-state index in [2.05, 4.69) is 0 Å². The average Bonchev–Trinajstić information content (AvgIpc) is 2.96. The highest BCUT2D eigenvalue weighted by Gasteiger charge is 2.22. The van der Waals surface area contributed by atoms with Gasteiger partial charge in [-0.15, -0.1) is 11.3 Å². The predicted octanol–water partition coefficient (Wildman–Crippen LogP) is 3.00. The fourth-order valence-corrected chi connectivity index (χ4v) is 4.61. The van der Waals surface area contributed by atoms with Crippen molar-refractivity contribution in [2.24, 2.45) is 0 Å². The summed E-state index contributed by atoms with van der Waals surface area (Å²) in [4.78, 5) is 20.0. The van der Waals surface area contributed by atoms with Crippen molar-refractivity contribution in [1.29, 1.82) is 0 Å². The Balaban J connectivity index is 2.03. The lowest BCUT2D eigenvalue weighted by Crippen LogP contribution is -2.25. The monoisotopic (exact) mass is 326 g/mol. The molecule has 2 aromatic heterocycles. The van der Waals surface area contributed by atoms with E-state index >= 15 is 0 Å². The van der Waals surface area contributed by atoms with Crippen LogP contribution < -0.4 is 5.56 Å². The van der Waals surface area contributed by atoms with E-state index in [1.807, 2.05) is 30.3 Å². The molecule has 5 heteroatoms. The molecular weight excluding hydrogens is 308 g/mol. The van der Waals surface area contributed by atoms with E-state index in [-0.39, 0.29) is 18.7 Å². The number of aliphatic hydroxyl groups is 1. The number of fused-ring (bicyclic) bond motifs is 3. The van der Waals surface area contributed by atoms with Crippen LogP contribution in [0, 0.1) is 0 Å². The lowest BCUT2D eigenvalue weighted by atomic mass is 9.97. The lowest BCUT2D eigenvalue weighted by molar-refractivity contribution is 0.274. The van der Waals surface area contributed by atoms with Gasteiger partial charge < -0.3 is 5.11 Å². The largest absolute Gasteiger partial charge is 0.395 e. The summed E-state index contributed by atoms with van der Waals surface area (Å²) >= 11 is 1.66. The van der Waals surface area contributed by atoms with Gasteiger partial charge in [0.15, 0.2) is 0 Å². The Morgan fingerprint density at radius 1 is 1.17 bits per heavy atom. The summed E-state index contributed by atoms with van der Waals surface area (Å²) in [6, 6.07) is 9.73. The van der Waals surface area contributed by atoms with Crippen LogP contribution in [0.15, 0.2) is 35.1 Å². The van der Waals surface area contributed by atoms with Gasteiger partial charge in [0.2, 0.25) is 0 Å². The molecule has 1 aliphatic carbocycles. The maximum absolute atomic E-state index is 13.1. The summed E-state index contributed by atoms with van der Waals surface area (Å²) in [5.41, 5.74) is 2.09. The van der Waals surface area contributed by atoms with Gasteiger partial charge in [0.05, 0.1) is 18.5 Å². The van der Waals surface area contributed by atoms with Crippen LogP contribution in [0.5, 0.6) is 0 Å². The Morgan fingerprint density at radius 3 is 2.74 bits per heavy atom. The molecule has 2 heterocycles. The number of aromatic nitrogens is 2. The van der Waals surface area contributed by atoms with Gasteiger partial charge in [-0.1, -0.05) is 30.3 Å². The van der Waals surface area contributed by atoms with Crippen molar-refractivity contribution in [3.05, 3.63) is 51.1 Å². The first-order valence-corrected chi connectivity index (χ1v) is 8.82. The topological polar surface area (TPSA) is 55.1 Å². The second kappa shape index (κ2) is 5.91. The van der Waals surface area contributed by atoms with Crippen molar-refractivity contribution in [2.45, 2.75) is 32.2 Å². The van der Waals surface area contributed by atoms with Gasteiger partial charge in [0, 0.05) is 10.4 Å². The first kappa shape index (κ1) is 14.6. The summed E-state index contributed by atoms with van der Waals surface area (Å²) in [5.74, 6) is 0.649. The number of rotatable bonds is 3. The number of hydrogen-bond donors (Lipinski definition) is 1. The minimum Gasteiger partial charge on any atom is -0.395 e. The van der Waals surface area contributed by atoms with E-state index in [0.717, 1.165) is 35.0 Å². The Labute approximate surface area is 138 Å². The minimum atomic E-state index is -0.0702. The van der Waals surface area contributed by atoms with Crippen molar-refractivity contribution in [1.82, 2.24) is 9.55 Å². The molecule has 118 valence electrons. The summed E-state index contributed by atoms with van der Waals surface area (Å²) < 4.78 is 1.62. The van der Waals surface area contributed by atoms with E-state index in [4.69, 9.17) is 4.98 Å². The Hall–Kier alpha value is -1.98. The normalized spacial score (nSPS) is 14.1. The van der Waals surface area contributed by atoms with Crippen LogP contribution in [0.3, 0.4) is 0 Å². The van der Waals surface area contributed by atoms with E-state index in [1.54, 1.807) is 15.9 Å². The zero-order valence-corrected chi connectivity index (χ0v) is 13.6. The SMILES string of the molecule is O=c1c2c3c(sc2nc(-c2ccccc2)n1CCO)CCCC3. The van der Waals surface area contributed by atoms with E-state index in [9.17, 15) is 9.90 Å². The lowest BCUT2D eigenvalue weighted by Gasteiger charge is -2.13. The highest BCUT2D eigenvalue weighted by Crippen LogP contribution is 2.34. The molecular formula is C18H18N2O2S. The zero-order valence-electron chi connectivity index (χ0n) is 12.8. The van der Waals surface area contributed by atoms with Crippen LogP contribution in [-0.4, -0.2) is 21.3 Å². The van der Waals surface area contributed by atoms with Crippen molar-refractivity contribution >= 4 is 21.6 Å². The van der Waals surface area contributed by atoms with E-state index in [0.29, 0.717) is 5.82 Å². The number of benzene rings is 1. The molecule has 23 heavy (non-hydrogen) atoms. The first-order chi connectivity index (χ1) is 11.3. The highest BCUT2D eigenvalue weighted by molar-refractivity contribution is 7.18. The quantitative estimate of drug-likeness (QED) is 0.805. The van der Waals surface area contributed by atoms with Crippen LogP contribution in [0.25, 0.3) is 21.6 Å². The standard InChI is InChI=1S/C18H18N2O2S/c21-11-10-20-16(12-6-2-1-3-7-12)19-17-15(18(20)22)13-8-4-5-9-14(13)23-17/h1-3,6-7,21H,4-5,8-11H2. The molecule has 4 rings (SSSR count). The summed E-state index contributed by atoms with van der Waals surface area (Å²) in [6.45, 7) is 0.204. The molecule has 1 N–H and O–H groups in total. The molecule has 0 saturated heterocycles. The molecule has 4 nitrogen and oxygen atoms in total. The average molecular weight is 326 g/mol. The van der Waals surface area contributed by atoms with Crippen LogP contribution in [-0.2, 0) is 19.4 Å². The van der Waals surface area contributed by atoms with Crippen molar-refractivity contribution in [3.8, 4) is 11.4 Å². The first-order valence-electron chi connectivity index (χ1n) is 8.01. The summed E-state index contributed by atoms with van der Waals surface area (Å²) in [5, 5.41) is 10.2. The molecule has 0 bridgehead atoms. The Bertz CT molecular complexity index is 912. The molecule has 0 spiro atoms. The predicted molar refractivity (Wildman–Crippen MR) is 93.0 cm³/mol. The fraction of sp³-hybridized carbons (Fsp3) is 0.333. The van der Waals surface area contributed by atoms with Crippen molar-refractivity contribution in [2.75, 3.05) is 6.61 Å². The minimum absolute atomic E-state index is 0.0118. The Morgan fingerprint density at radius 2 is 1.96 bits per heavy atom. The smallest absolute Gasteiger partial charge is 0.262 e. The molecule has 0 atom stereocenters. The van der Waals surface area contributed by atoms with Gasteiger partial charge in [-0.25, -0.2) is 4.98 Å². The molecule has 0 radical (unpaired) electrons. The number of nitrogens with zero attached hydrogens (tertiary/aromatic N) is 2. The third-order valence-electron chi connectivity index (χ3n) is 4.43.